The summed E-state index contributed by atoms with van der Waals surface area (Å²) in [4.78, 5) is 21.0. The number of hydrogen-bond donors (Lipinski definition) is 0. The van der Waals surface area contributed by atoms with Crippen LogP contribution in [-0.4, -0.2) is 47.9 Å². The summed E-state index contributed by atoms with van der Waals surface area (Å²) in [6, 6.07) is 1.96. The fourth-order valence-corrected chi connectivity index (χ4v) is 4.70. The number of aromatic nitrogens is 4. The van der Waals surface area contributed by atoms with Gasteiger partial charge in [-0.1, -0.05) is 0 Å². The van der Waals surface area contributed by atoms with Gasteiger partial charge in [-0.25, -0.2) is 0 Å². The van der Waals surface area contributed by atoms with Crippen molar-refractivity contribution in [3.63, 3.8) is 0 Å². The van der Waals surface area contributed by atoms with Crippen molar-refractivity contribution in [2.24, 2.45) is 0 Å². The number of carbonyl (C=O) groups excluding carboxylic acids is 1. The van der Waals surface area contributed by atoms with E-state index in [2.05, 4.69) is 28.9 Å². The number of ether oxygens (including phenoxy) is 1. The predicted octanol–water partition coefficient (Wildman–Crippen LogP) is 2.78. The van der Waals surface area contributed by atoms with Crippen molar-refractivity contribution >= 4 is 43.3 Å². The number of hydrogen-bond acceptors (Lipinski definition) is 5. The third-order valence-corrected chi connectivity index (χ3v) is 6.01. The van der Waals surface area contributed by atoms with Gasteiger partial charge in [0.2, 0.25) is 0 Å². The zero-order chi connectivity index (χ0) is 18.0. The Kier molecular flexibility index (Phi) is 5.40. The van der Waals surface area contributed by atoms with Crippen LogP contribution in [0.3, 0.4) is 0 Å². The molecule has 25 heavy (non-hydrogen) atoms. The van der Waals surface area contributed by atoms with E-state index < -0.39 is 0 Å². The van der Waals surface area contributed by atoms with E-state index in [0.29, 0.717) is 27.5 Å². The monoisotopic (exact) mass is 419 g/mol. The number of nitrogens with zero attached hydrogens (tertiary/aromatic N) is 4. The van der Waals surface area contributed by atoms with Gasteiger partial charge in [0.15, 0.2) is 0 Å². The van der Waals surface area contributed by atoms with Gasteiger partial charge in [0, 0.05) is 0 Å². The summed E-state index contributed by atoms with van der Waals surface area (Å²) in [5.41, 5.74) is 2.77. The molecular formula is C17H17AsClN4O2. The normalized spacial score (nSPS) is 11.7. The summed E-state index contributed by atoms with van der Waals surface area (Å²) in [7, 11) is 0. The zero-order valence-corrected chi connectivity index (χ0v) is 16.7. The van der Waals surface area contributed by atoms with Crippen LogP contribution in [0.25, 0.3) is 16.9 Å². The number of esters is 1. The standard InChI is InChI=1S/C17H17AsClN4O2/c1-4-25-17(24)12-7-20-15(5-14(12)18-10(2)3)13-8-22-23-9-11(19)6-21-16(13)23/h5-10H,4H2,1-3H3. The molecule has 129 valence electrons. The average Bonchev–Trinajstić information content (AvgIpc) is 2.97. The molecule has 0 saturated carbocycles. The van der Waals surface area contributed by atoms with Crippen molar-refractivity contribution in [2.75, 3.05) is 6.61 Å². The molecule has 0 aliphatic carbocycles. The predicted molar refractivity (Wildman–Crippen MR) is 97.7 cm³/mol. The second kappa shape index (κ2) is 7.54. The Hall–Kier alpha value is -1.91. The summed E-state index contributed by atoms with van der Waals surface area (Å²) in [5, 5.41) is 4.79. The first-order valence-electron chi connectivity index (χ1n) is 7.87. The molecule has 3 rings (SSSR count). The number of fused-ring (bicyclic) bond motifs is 1. The van der Waals surface area contributed by atoms with E-state index in [1.54, 1.807) is 36.2 Å². The Morgan fingerprint density at radius 3 is 2.84 bits per heavy atom. The third kappa shape index (κ3) is 3.85. The molecule has 0 aromatic carbocycles. The summed E-state index contributed by atoms with van der Waals surface area (Å²) in [6.45, 7) is 6.43. The van der Waals surface area contributed by atoms with Crippen molar-refractivity contribution in [2.45, 2.75) is 25.5 Å². The van der Waals surface area contributed by atoms with E-state index in [0.717, 1.165) is 15.6 Å². The van der Waals surface area contributed by atoms with Gasteiger partial charge in [0.05, 0.1) is 0 Å². The van der Waals surface area contributed by atoms with Gasteiger partial charge in [-0.15, -0.1) is 0 Å². The van der Waals surface area contributed by atoms with Gasteiger partial charge < -0.3 is 0 Å². The maximum atomic E-state index is 12.2. The van der Waals surface area contributed by atoms with E-state index in [1.807, 2.05) is 6.07 Å². The molecule has 0 bridgehead atoms. The molecule has 3 aromatic rings. The number of halogens is 1. The minimum absolute atomic E-state index is 0.189. The van der Waals surface area contributed by atoms with Gasteiger partial charge in [-0.3, -0.25) is 0 Å². The van der Waals surface area contributed by atoms with Crippen LogP contribution < -0.4 is 4.35 Å². The first kappa shape index (κ1) is 17.9. The van der Waals surface area contributed by atoms with Crippen LogP contribution in [0.5, 0.6) is 0 Å². The van der Waals surface area contributed by atoms with Gasteiger partial charge >= 0.3 is 157 Å². The fourth-order valence-electron chi connectivity index (χ4n) is 2.38. The second-order valence-corrected chi connectivity index (χ2v) is 9.78. The molecule has 0 amide bonds. The Labute approximate surface area is 157 Å². The van der Waals surface area contributed by atoms with Crippen LogP contribution in [0.2, 0.25) is 9.73 Å². The van der Waals surface area contributed by atoms with E-state index in [-0.39, 0.29) is 21.7 Å². The van der Waals surface area contributed by atoms with Gasteiger partial charge in [-0.05, 0) is 0 Å². The molecule has 0 atom stereocenters. The minimum atomic E-state index is -0.322. The van der Waals surface area contributed by atoms with E-state index in [9.17, 15) is 4.79 Å². The van der Waals surface area contributed by atoms with Crippen LogP contribution in [0.4, 0.5) is 0 Å². The first-order valence-corrected chi connectivity index (χ1v) is 10.3. The van der Waals surface area contributed by atoms with Crippen LogP contribution in [0.1, 0.15) is 31.1 Å². The molecule has 0 unspecified atom stereocenters. The van der Waals surface area contributed by atoms with Crippen LogP contribution in [-0.2, 0) is 4.74 Å². The zero-order valence-electron chi connectivity index (χ0n) is 14.1. The third-order valence-electron chi connectivity index (χ3n) is 3.38. The molecule has 0 fully saturated rings. The molecule has 0 N–H and O–H groups in total. The van der Waals surface area contributed by atoms with Crippen molar-refractivity contribution in [1.29, 1.82) is 0 Å². The van der Waals surface area contributed by atoms with Crippen LogP contribution >= 0.6 is 11.6 Å². The van der Waals surface area contributed by atoms with Crippen molar-refractivity contribution in [3.05, 3.63) is 41.4 Å². The fraction of sp³-hybridized carbons (Fsp3) is 0.294. The summed E-state index contributed by atoms with van der Waals surface area (Å²) >= 11 is 5.77. The molecule has 1 radical (unpaired) electrons. The SMILES string of the molecule is CCOC(=O)c1cnc(-c2cnn3cc(Cl)cnc23)cc1[As]C(C)C. The number of carbonyl (C=O) groups is 1. The van der Waals surface area contributed by atoms with Crippen molar-refractivity contribution in [1.82, 2.24) is 19.6 Å². The van der Waals surface area contributed by atoms with Crippen LogP contribution in [0.15, 0.2) is 30.9 Å². The average molecular weight is 420 g/mol. The summed E-state index contributed by atoms with van der Waals surface area (Å²) in [6.07, 6.45) is 6.58. The molecule has 6 nitrogen and oxygen atoms in total. The Balaban J connectivity index is 2.08. The Morgan fingerprint density at radius 1 is 1.32 bits per heavy atom. The molecule has 0 spiro atoms. The number of pyridine rings is 1. The maximum absolute atomic E-state index is 12.2. The van der Waals surface area contributed by atoms with E-state index in [4.69, 9.17) is 16.3 Å². The number of rotatable bonds is 5. The topological polar surface area (TPSA) is 69.4 Å². The molecule has 3 aromatic heterocycles. The summed E-state index contributed by atoms with van der Waals surface area (Å²) < 4.78 is 8.27. The molecular weight excluding hydrogens is 403 g/mol. The second-order valence-electron chi connectivity index (χ2n) is 5.63. The molecule has 8 heteroatoms. The quantitative estimate of drug-likeness (QED) is 0.470. The Bertz CT molecular complexity index is 926. The van der Waals surface area contributed by atoms with Gasteiger partial charge in [0.1, 0.15) is 0 Å². The molecule has 0 aliphatic heterocycles. The molecule has 0 aliphatic rings. The van der Waals surface area contributed by atoms with Crippen molar-refractivity contribution in [3.8, 4) is 11.3 Å². The van der Waals surface area contributed by atoms with Crippen LogP contribution in [0, 0.1) is 0 Å². The van der Waals surface area contributed by atoms with Crippen molar-refractivity contribution < 1.29 is 9.53 Å². The molecule has 0 saturated heterocycles. The van der Waals surface area contributed by atoms with E-state index >= 15 is 0 Å². The Morgan fingerprint density at radius 2 is 2.12 bits per heavy atom. The first-order chi connectivity index (χ1) is 12.0. The van der Waals surface area contributed by atoms with Gasteiger partial charge in [0.25, 0.3) is 0 Å². The molecule has 3 heterocycles. The summed E-state index contributed by atoms with van der Waals surface area (Å²) in [5.74, 6) is -0.322. The van der Waals surface area contributed by atoms with E-state index in [1.165, 1.54) is 0 Å². The van der Waals surface area contributed by atoms with Gasteiger partial charge in [-0.2, -0.15) is 0 Å².